The minimum Gasteiger partial charge on any atom is -0.314 e. The summed E-state index contributed by atoms with van der Waals surface area (Å²) in [6.07, 6.45) is 0. The third-order valence-corrected chi connectivity index (χ3v) is 4.09. The van der Waals surface area contributed by atoms with Gasteiger partial charge in [0.25, 0.3) is 0 Å². The number of nitrogens with zero attached hydrogens (tertiary/aromatic N) is 1. The molecule has 0 unspecified atom stereocenters. The Bertz CT molecular complexity index is 178. The van der Waals surface area contributed by atoms with Crippen molar-refractivity contribution in [1.29, 1.82) is 0 Å². The summed E-state index contributed by atoms with van der Waals surface area (Å²) in [4.78, 5) is 2.54. The van der Waals surface area contributed by atoms with Crippen molar-refractivity contribution < 1.29 is 0 Å². The average molecular weight is 216 g/mol. The van der Waals surface area contributed by atoms with Gasteiger partial charge in [0, 0.05) is 37.5 Å². The van der Waals surface area contributed by atoms with Crippen molar-refractivity contribution in [2.75, 3.05) is 32.7 Å². The highest BCUT2D eigenvalue weighted by Crippen LogP contribution is 2.36. The standard InChI is InChI=1S/C11H24N2S/c1-10(2,11(3,4)14)9-13-7-5-12-6-8-13/h12,14H,5-9H2,1-4H3. The molecule has 1 saturated heterocycles. The van der Waals surface area contributed by atoms with Crippen molar-refractivity contribution >= 4 is 12.6 Å². The smallest absolute Gasteiger partial charge is 0.0136 e. The van der Waals surface area contributed by atoms with Crippen LogP contribution in [0.1, 0.15) is 27.7 Å². The summed E-state index contributed by atoms with van der Waals surface area (Å²) in [5.41, 5.74) is 0.257. The van der Waals surface area contributed by atoms with E-state index >= 15 is 0 Å². The maximum Gasteiger partial charge on any atom is 0.0136 e. The quantitative estimate of drug-likeness (QED) is 0.697. The summed E-state index contributed by atoms with van der Waals surface area (Å²) in [6, 6.07) is 0. The van der Waals surface area contributed by atoms with Gasteiger partial charge in [-0.3, -0.25) is 0 Å². The molecule has 1 fully saturated rings. The van der Waals surface area contributed by atoms with E-state index in [1.807, 2.05) is 0 Å². The van der Waals surface area contributed by atoms with Crippen molar-refractivity contribution in [3.05, 3.63) is 0 Å². The first-order valence-electron chi connectivity index (χ1n) is 5.48. The molecule has 0 aromatic carbocycles. The van der Waals surface area contributed by atoms with Gasteiger partial charge in [0.2, 0.25) is 0 Å². The van der Waals surface area contributed by atoms with Crippen LogP contribution < -0.4 is 5.32 Å². The molecule has 0 spiro atoms. The molecule has 0 atom stereocenters. The van der Waals surface area contributed by atoms with E-state index in [0.29, 0.717) is 0 Å². The van der Waals surface area contributed by atoms with Crippen LogP contribution in [0.4, 0.5) is 0 Å². The second kappa shape index (κ2) is 4.42. The fourth-order valence-electron chi connectivity index (χ4n) is 1.62. The minimum atomic E-state index is 0.0812. The summed E-state index contributed by atoms with van der Waals surface area (Å²) in [7, 11) is 0. The van der Waals surface area contributed by atoms with Gasteiger partial charge >= 0.3 is 0 Å². The van der Waals surface area contributed by atoms with E-state index in [2.05, 4.69) is 37.9 Å². The van der Waals surface area contributed by atoms with E-state index in [-0.39, 0.29) is 10.2 Å². The largest absolute Gasteiger partial charge is 0.314 e. The lowest BCUT2D eigenvalue weighted by molar-refractivity contribution is 0.137. The molecule has 3 heteroatoms. The predicted molar refractivity (Wildman–Crippen MR) is 66.2 cm³/mol. The maximum absolute atomic E-state index is 4.69. The molecular weight excluding hydrogens is 192 g/mol. The predicted octanol–water partition coefficient (Wildman–Crippen LogP) is 1.63. The normalized spacial score (nSPS) is 21.2. The fraction of sp³-hybridized carbons (Fsp3) is 1.00. The Morgan fingerprint density at radius 2 is 1.64 bits per heavy atom. The number of piperazine rings is 1. The van der Waals surface area contributed by atoms with Crippen molar-refractivity contribution in [2.24, 2.45) is 5.41 Å². The molecule has 2 nitrogen and oxygen atoms in total. The van der Waals surface area contributed by atoms with Crippen molar-refractivity contribution in [3.63, 3.8) is 0 Å². The molecule has 1 aliphatic rings. The first kappa shape index (κ1) is 12.3. The highest BCUT2D eigenvalue weighted by molar-refractivity contribution is 7.81. The number of hydrogen-bond acceptors (Lipinski definition) is 3. The molecular formula is C11H24N2S. The monoisotopic (exact) mass is 216 g/mol. The van der Waals surface area contributed by atoms with Crippen molar-refractivity contribution in [3.8, 4) is 0 Å². The first-order valence-corrected chi connectivity index (χ1v) is 5.93. The topological polar surface area (TPSA) is 15.3 Å². The highest BCUT2D eigenvalue weighted by Gasteiger charge is 2.35. The van der Waals surface area contributed by atoms with Crippen LogP contribution in [0.15, 0.2) is 0 Å². The van der Waals surface area contributed by atoms with Crippen molar-refractivity contribution in [1.82, 2.24) is 10.2 Å². The van der Waals surface area contributed by atoms with Gasteiger partial charge in [-0.15, -0.1) is 0 Å². The zero-order valence-corrected chi connectivity index (χ0v) is 10.8. The zero-order chi connectivity index (χ0) is 10.8. The number of hydrogen-bond donors (Lipinski definition) is 2. The molecule has 0 aromatic heterocycles. The molecule has 14 heavy (non-hydrogen) atoms. The summed E-state index contributed by atoms with van der Waals surface area (Å²) in [5.74, 6) is 0. The lowest BCUT2D eigenvalue weighted by Gasteiger charge is -2.42. The molecule has 0 saturated carbocycles. The molecule has 0 bridgehead atoms. The van der Waals surface area contributed by atoms with Crippen LogP contribution in [-0.4, -0.2) is 42.4 Å². The Morgan fingerprint density at radius 3 is 2.07 bits per heavy atom. The van der Waals surface area contributed by atoms with Crippen LogP contribution in [0.25, 0.3) is 0 Å². The Kier molecular flexibility index (Phi) is 3.89. The molecule has 0 aliphatic carbocycles. The van der Waals surface area contributed by atoms with Gasteiger partial charge in [0.1, 0.15) is 0 Å². The Balaban J connectivity index is 2.49. The minimum absolute atomic E-state index is 0.0812. The lowest BCUT2D eigenvalue weighted by Crippen LogP contribution is -2.50. The Morgan fingerprint density at radius 1 is 1.14 bits per heavy atom. The maximum atomic E-state index is 4.69. The summed E-state index contributed by atoms with van der Waals surface area (Å²) in [5, 5.41) is 3.38. The third kappa shape index (κ3) is 3.14. The average Bonchev–Trinajstić information content (AvgIpc) is 2.03. The van der Waals surface area contributed by atoms with Gasteiger partial charge in [-0.05, 0) is 5.41 Å². The van der Waals surface area contributed by atoms with Gasteiger partial charge in [0.05, 0.1) is 0 Å². The molecule has 1 N–H and O–H groups in total. The second-order valence-electron chi connectivity index (χ2n) is 5.47. The van der Waals surface area contributed by atoms with E-state index < -0.39 is 0 Å². The number of rotatable bonds is 3. The molecule has 0 aromatic rings. The van der Waals surface area contributed by atoms with Crippen LogP contribution in [-0.2, 0) is 0 Å². The number of thiol groups is 1. The van der Waals surface area contributed by atoms with Crippen molar-refractivity contribution in [2.45, 2.75) is 32.4 Å². The van der Waals surface area contributed by atoms with E-state index in [1.165, 1.54) is 13.1 Å². The van der Waals surface area contributed by atoms with Crippen LogP contribution in [0.3, 0.4) is 0 Å². The van der Waals surface area contributed by atoms with E-state index in [0.717, 1.165) is 19.6 Å². The third-order valence-electron chi connectivity index (χ3n) is 3.48. The fourth-order valence-corrected chi connectivity index (χ4v) is 1.69. The van der Waals surface area contributed by atoms with E-state index in [9.17, 15) is 0 Å². The first-order chi connectivity index (χ1) is 6.33. The summed E-state index contributed by atoms with van der Waals surface area (Å²) >= 11 is 4.69. The van der Waals surface area contributed by atoms with Crippen LogP contribution in [0, 0.1) is 5.41 Å². The summed E-state index contributed by atoms with van der Waals surface area (Å²) < 4.78 is 0.0812. The molecule has 1 heterocycles. The SMILES string of the molecule is CC(C)(S)C(C)(C)CN1CCNCC1. The van der Waals surface area contributed by atoms with Crippen LogP contribution in [0.2, 0.25) is 0 Å². The molecule has 1 rings (SSSR count). The van der Waals surface area contributed by atoms with Gasteiger partial charge in [-0.25, -0.2) is 0 Å². The highest BCUT2D eigenvalue weighted by atomic mass is 32.1. The van der Waals surface area contributed by atoms with Gasteiger partial charge < -0.3 is 10.2 Å². The molecule has 1 aliphatic heterocycles. The lowest BCUT2D eigenvalue weighted by atomic mass is 9.79. The van der Waals surface area contributed by atoms with Gasteiger partial charge in [0.15, 0.2) is 0 Å². The number of nitrogens with one attached hydrogen (secondary N) is 1. The van der Waals surface area contributed by atoms with E-state index in [1.54, 1.807) is 0 Å². The van der Waals surface area contributed by atoms with Crippen LogP contribution >= 0.6 is 12.6 Å². The van der Waals surface area contributed by atoms with Gasteiger partial charge in [-0.1, -0.05) is 27.7 Å². The van der Waals surface area contributed by atoms with Gasteiger partial charge in [-0.2, -0.15) is 12.6 Å². The Hall–Kier alpha value is 0.270. The second-order valence-corrected chi connectivity index (χ2v) is 6.59. The molecule has 0 radical (unpaired) electrons. The zero-order valence-electron chi connectivity index (χ0n) is 9.93. The summed E-state index contributed by atoms with van der Waals surface area (Å²) in [6.45, 7) is 14.8. The van der Waals surface area contributed by atoms with Crippen LogP contribution in [0.5, 0.6) is 0 Å². The van der Waals surface area contributed by atoms with E-state index in [4.69, 9.17) is 12.6 Å². The molecule has 0 amide bonds. The molecule has 84 valence electrons. The Labute approximate surface area is 93.8 Å².